The van der Waals surface area contributed by atoms with E-state index in [1.807, 2.05) is 41.5 Å². The number of carboxylic acids is 6. The van der Waals surface area contributed by atoms with Crippen LogP contribution >= 0.6 is 0 Å². The molecule has 62 heavy (non-hydrogen) atoms. The van der Waals surface area contributed by atoms with Gasteiger partial charge in [-0.2, -0.15) is 0 Å². The molecule has 0 spiro atoms. The average Bonchev–Trinajstić information content (AvgIpc) is 3.20. The largest absolute Gasteiger partial charge is 3.00 e. The molecule has 0 saturated carbocycles. The maximum absolute atomic E-state index is 10.3. The summed E-state index contributed by atoms with van der Waals surface area (Å²) in [4.78, 5) is 62.0. The molecule has 0 amide bonds. The topological polar surface area (TPSA) is 241 Å². The van der Waals surface area contributed by atoms with E-state index in [1.54, 1.807) is 0 Å². The van der Waals surface area contributed by atoms with Crippen molar-refractivity contribution in [1.29, 1.82) is 0 Å². The summed E-state index contributed by atoms with van der Waals surface area (Å²) in [5.74, 6) is -6.69. The molecule has 0 saturated heterocycles. The van der Waals surface area contributed by atoms with E-state index in [9.17, 15) is 59.4 Å². The van der Waals surface area contributed by atoms with Crippen LogP contribution < -0.4 is 30.6 Å². The molecule has 362 valence electrons. The summed E-state index contributed by atoms with van der Waals surface area (Å²) in [5, 5.41) is 62.0. The van der Waals surface area contributed by atoms with Crippen LogP contribution in [0.1, 0.15) is 237 Å². The van der Waals surface area contributed by atoms with Crippen molar-refractivity contribution in [1.82, 2.24) is 0 Å². The summed E-state index contributed by atoms with van der Waals surface area (Å²) in [6, 6.07) is 0. The quantitative estimate of drug-likeness (QED) is 0.0868. The van der Waals surface area contributed by atoms with Gasteiger partial charge in [0.2, 0.25) is 0 Å². The van der Waals surface area contributed by atoms with Crippen LogP contribution in [0.5, 0.6) is 0 Å². The van der Waals surface area contributed by atoms with Crippen molar-refractivity contribution in [2.45, 2.75) is 237 Å². The molecule has 14 heteroatoms. The van der Waals surface area contributed by atoms with Crippen LogP contribution in [-0.4, -0.2) is 70.4 Å². The van der Waals surface area contributed by atoms with E-state index < -0.39 is 35.8 Å². The second-order valence-electron chi connectivity index (χ2n) is 15.4. The fraction of sp³-hybridized carbons (Fsp3) is 0.875. The molecule has 6 atom stereocenters. The second-order valence-corrected chi connectivity index (χ2v) is 15.4. The van der Waals surface area contributed by atoms with Crippen molar-refractivity contribution in [2.24, 2.45) is 35.5 Å². The Hall–Kier alpha value is -2.23. The van der Waals surface area contributed by atoms with Crippen LogP contribution in [0.25, 0.3) is 0 Å². The molecule has 0 fully saturated rings. The van der Waals surface area contributed by atoms with E-state index in [0.717, 1.165) is 116 Å². The van der Waals surface area contributed by atoms with Gasteiger partial charge in [0.05, 0.1) is 0 Å². The standard InChI is InChI=1S/6C8H16O2.B.Bi/c6*1-3-5-6-7(4-2)8(9)10;;/h6*7H,3-6H2,1-2H3,(H,9,10);;/q;;;;;;2*+3/p-6. The Balaban J connectivity index is -0.0000000935. The zero-order chi connectivity index (χ0) is 47.9. The molecular formula is C48H90BBiO12. The molecule has 0 aromatic rings. The van der Waals surface area contributed by atoms with Crippen molar-refractivity contribution in [2.75, 3.05) is 0 Å². The van der Waals surface area contributed by atoms with Crippen molar-refractivity contribution >= 4 is 70.4 Å². The number of hydrogen-bond donors (Lipinski definition) is 0. The number of rotatable bonds is 30. The smallest absolute Gasteiger partial charge is 0.550 e. The molecule has 0 aromatic carbocycles. The van der Waals surface area contributed by atoms with E-state index in [1.165, 1.54) is 0 Å². The molecule has 0 aliphatic heterocycles. The Bertz CT molecular complexity index is 813. The Labute approximate surface area is 400 Å². The number of aliphatic carboxylic acids is 6. The van der Waals surface area contributed by atoms with Gasteiger partial charge >= 0.3 is 34.6 Å². The molecule has 0 heterocycles. The first-order valence-electron chi connectivity index (χ1n) is 23.6. The molecule has 0 rings (SSSR count). The van der Waals surface area contributed by atoms with E-state index in [4.69, 9.17) is 0 Å². The molecule has 0 aliphatic carbocycles. The van der Waals surface area contributed by atoms with E-state index in [0.29, 0.717) is 38.5 Å². The SMILES string of the molecule is CCCCC(CC)C(=O)[O-].CCCCC(CC)C(=O)[O-].CCCCC(CC)C(=O)[O-].CCCCC(CC)C(=O)[O-].CCCCC(CC)C(=O)[O-].CCCCC(CC)C(=O)[O-].[B+3].[Bi+3]. The zero-order valence-corrected chi connectivity index (χ0v) is 44.8. The van der Waals surface area contributed by atoms with Crippen LogP contribution in [-0.2, 0) is 28.8 Å². The third-order valence-electron chi connectivity index (χ3n) is 10.4. The fourth-order valence-electron chi connectivity index (χ4n) is 5.63. The Kier molecular flexibility index (Phi) is 73.0. The van der Waals surface area contributed by atoms with Crippen molar-refractivity contribution in [3.8, 4) is 0 Å². The maximum atomic E-state index is 10.3. The first-order valence-corrected chi connectivity index (χ1v) is 23.6. The number of carboxylic acid groups (broad SMARTS) is 6. The predicted molar refractivity (Wildman–Crippen MR) is 241 cm³/mol. The van der Waals surface area contributed by atoms with Crippen LogP contribution in [0.4, 0.5) is 0 Å². The van der Waals surface area contributed by atoms with E-state index in [2.05, 4.69) is 41.5 Å². The molecule has 2 radical (unpaired) electrons. The van der Waals surface area contributed by atoms with Gasteiger partial charge in [-0.3, -0.25) is 0 Å². The molecule has 0 aromatic heterocycles. The average molecular weight is 1080 g/mol. The molecule has 12 nitrogen and oxygen atoms in total. The fourth-order valence-corrected chi connectivity index (χ4v) is 5.63. The van der Waals surface area contributed by atoms with Crippen molar-refractivity contribution in [3.63, 3.8) is 0 Å². The number of carbonyl (C=O) groups is 6. The van der Waals surface area contributed by atoms with Crippen LogP contribution in [0.2, 0.25) is 0 Å². The minimum atomic E-state index is -0.893. The monoisotopic (exact) mass is 1080 g/mol. The Morgan fingerprint density at radius 3 is 0.419 bits per heavy atom. The van der Waals surface area contributed by atoms with Crippen LogP contribution in [0.3, 0.4) is 0 Å². The minimum absolute atomic E-state index is 0. The van der Waals surface area contributed by atoms with Crippen LogP contribution in [0, 0.1) is 35.5 Å². The third-order valence-corrected chi connectivity index (χ3v) is 10.4. The summed E-state index contributed by atoms with van der Waals surface area (Å²) in [6.45, 7) is 23.7. The predicted octanol–water partition coefficient (Wildman–Crippen LogP) is 4.95. The van der Waals surface area contributed by atoms with E-state index >= 15 is 0 Å². The van der Waals surface area contributed by atoms with Crippen LogP contribution in [0.15, 0.2) is 0 Å². The van der Waals surface area contributed by atoms with Gasteiger partial charge in [-0.05, 0) is 113 Å². The first kappa shape index (κ1) is 77.0. The van der Waals surface area contributed by atoms with Gasteiger partial charge in [0.15, 0.2) is 0 Å². The minimum Gasteiger partial charge on any atom is -0.550 e. The Morgan fingerprint density at radius 2 is 0.371 bits per heavy atom. The van der Waals surface area contributed by atoms with Crippen molar-refractivity contribution < 1.29 is 59.4 Å². The molecule has 6 unspecified atom stereocenters. The second kappa shape index (κ2) is 58.8. The number of carbonyl (C=O) groups excluding carboxylic acids is 6. The third kappa shape index (κ3) is 55.8. The number of unbranched alkanes of at least 4 members (excludes halogenated alkanes) is 6. The maximum Gasteiger partial charge on any atom is 3.00 e. The summed E-state index contributed by atoms with van der Waals surface area (Å²) in [6.07, 6.45) is 21.1. The van der Waals surface area contributed by atoms with E-state index in [-0.39, 0.29) is 70.1 Å². The van der Waals surface area contributed by atoms with Gasteiger partial charge in [0, 0.05) is 35.8 Å². The first-order chi connectivity index (χ1) is 28.3. The molecular weight excluding hydrogens is 988 g/mol. The molecule has 0 aliphatic rings. The summed E-state index contributed by atoms with van der Waals surface area (Å²) >= 11 is 0. The zero-order valence-electron chi connectivity index (χ0n) is 41.4. The summed E-state index contributed by atoms with van der Waals surface area (Å²) in [7, 11) is 0. The van der Waals surface area contributed by atoms with Gasteiger partial charge in [-0.25, -0.2) is 0 Å². The van der Waals surface area contributed by atoms with Gasteiger partial charge < -0.3 is 59.4 Å². The normalized spacial score (nSPS) is 12.6. The van der Waals surface area contributed by atoms with Gasteiger partial charge in [-0.15, -0.1) is 0 Å². The van der Waals surface area contributed by atoms with Gasteiger partial charge in [0.1, 0.15) is 0 Å². The summed E-state index contributed by atoms with van der Waals surface area (Å²) < 4.78 is 0. The number of hydrogen-bond acceptors (Lipinski definition) is 12. The van der Waals surface area contributed by atoms with Gasteiger partial charge in [-0.1, -0.05) is 160 Å². The van der Waals surface area contributed by atoms with Crippen molar-refractivity contribution in [3.05, 3.63) is 0 Å². The Morgan fingerprint density at radius 1 is 0.274 bits per heavy atom. The molecule has 0 bridgehead atoms. The van der Waals surface area contributed by atoms with Gasteiger partial charge in [0.25, 0.3) is 0 Å². The summed E-state index contributed by atoms with van der Waals surface area (Å²) in [5.41, 5.74) is 0. The molecule has 0 N–H and O–H groups in total.